The van der Waals surface area contributed by atoms with Crippen molar-refractivity contribution in [3.05, 3.63) is 65.7 Å². The minimum atomic E-state index is -0.334. The molecular weight excluding hydrogens is 208 g/mol. The summed E-state index contributed by atoms with van der Waals surface area (Å²) in [6, 6.07) is 12.8. The zero-order chi connectivity index (χ0) is 11.4. The van der Waals surface area contributed by atoms with Gasteiger partial charge in [0.15, 0.2) is 0 Å². The first-order valence-electron chi connectivity index (χ1n) is 4.99. The van der Waals surface area contributed by atoms with E-state index in [-0.39, 0.29) is 18.2 Å². The Bertz CT molecular complexity index is 437. The highest BCUT2D eigenvalue weighted by molar-refractivity contribution is 5.44. The normalized spacial score (nSPS) is 10.1. The van der Waals surface area contributed by atoms with Crippen LogP contribution in [0.4, 0.5) is 14.5 Å². The molecule has 0 saturated heterocycles. The second-order valence-corrected chi connectivity index (χ2v) is 3.42. The van der Waals surface area contributed by atoms with Crippen LogP contribution in [0, 0.1) is 11.6 Å². The second-order valence-electron chi connectivity index (χ2n) is 3.42. The Kier molecular flexibility index (Phi) is 3.15. The van der Waals surface area contributed by atoms with Gasteiger partial charge in [-0.2, -0.15) is 0 Å². The van der Waals surface area contributed by atoms with Crippen LogP contribution in [0.5, 0.6) is 0 Å². The van der Waals surface area contributed by atoms with Crippen molar-refractivity contribution in [3.63, 3.8) is 0 Å². The van der Waals surface area contributed by atoms with Crippen LogP contribution in [0.15, 0.2) is 48.5 Å². The third kappa shape index (κ3) is 2.37. The van der Waals surface area contributed by atoms with E-state index in [1.54, 1.807) is 36.4 Å². The standard InChI is InChI=1S/C13H11F2N/c14-11-6-2-1-5-10(11)9-16-13-8-4-3-7-12(13)15/h1-8,16H,9H2. The molecule has 2 rings (SSSR count). The highest BCUT2D eigenvalue weighted by atomic mass is 19.1. The molecule has 2 aromatic rings. The topological polar surface area (TPSA) is 12.0 Å². The zero-order valence-electron chi connectivity index (χ0n) is 8.58. The van der Waals surface area contributed by atoms with E-state index in [9.17, 15) is 8.78 Å². The van der Waals surface area contributed by atoms with Crippen molar-refractivity contribution in [2.75, 3.05) is 5.32 Å². The average Bonchev–Trinajstić information content (AvgIpc) is 2.30. The van der Waals surface area contributed by atoms with Crippen molar-refractivity contribution in [1.82, 2.24) is 0 Å². The molecular formula is C13H11F2N. The molecule has 0 aliphatic carbocycles. The molecule has 0 unspecified atom stereocenters. The van der Waals surface area contributed by atoms with E-state index in [1.807, 2.05) is 0 Å². The maximum absolute atomic E-state index is 13.3. The lowest BCUT2D eigenvalue weighted by atomic mass is 10.2. The lowest BCUT2D eigenvalue weighted by Gasteiger charge is -2.07. The summed E-state index contributed by atoms with van der Waals surface area (Å²) in [5, 5.41) is 2.86. The fourth-order valence-electron chi connectivity index (χ4n) is 1.44. The Morgan fingerprint density at radius 1 is 0.812 bits per heavy atom. The molecule has 0 bridgehead atoms. The van der Waals surface area contributed by atoms with E-state index in [4.69, 9.17) is 0 Å². The van der Waals surface area contributed by atoms with Crippen molar-refractivity contribution >= 4 is 5.69 Å². The van der Waals surface area contributed by atoms with Gasteiger partial charge in [0, 0.05) is 12.1 Å². The van der Waals surface area contributed by atoms with Crippen LogP contribution < -0.4 is 5.32 Å². The van der Waals surface area contributed by atoms with Crippen molar-refractivity contribution in [3.8, 4) is 0 Å². The first-order chi connectivity index (χ1) is 7.77. The average molecular weight is 219 g/mol. The molecule has 0 aromatic heterocycles. The summed E-state index contributed by atoms with van der Waals surface area (Å²) in [6.07, 6.45) is 0. The molecule has 0 aliphatic heterocycles. The number of anilines is 1. The van der Waals surface area contributed by atoms with E-state index in [2.05, 4.69) is 5.32 Å². The molecule has 0 heterocycles. The number of benzene rings is 2. The third-order valence-electron chi connectivity index (χ3n) is 2.30. The fraction of sp³-hybridized carbons (Fsp3) is 0.0769. The first-order valence-corrected chi connectivity index (χ1v) is 4.99. The van der Waals surface area contributed by atoms with Gasteiger partial charge in [-0.05, 0) is 18.2 Å². The van der Waals surface area contributed by atoms with Gasteiger partial charge < -0.3 is 5.32 Å². The summed E-state index contributed by atoms with van der Waals surface area (Å²) in [7, 11) is 0. The van der Waals surface area contributed by atoms with Gasteiger partial charge in [-0.1, -0.05) is 30.3 Å². The van der Waals surface area contributed by atoms with Crippen LogP contribution in [0.1, 0.15) is 5.56 Å². The van der Waals surface area contributed by atoms with Crippen molar-refractivity contribution in [2.24, 2.45) is 0 Å². The van der Waals surface area contributed by atoms with E-state index in [0.29, 0.717) is 11.3 Å². The van der Waals surface area contributed by atoms with Gasteiger partial charge in [-0.15, -0.1) is 0 Å². The number of rotatable bonds is 3. The molecule has 1 N–H and O–H groups in total. The minimum absolute atomic E-state index is 0.271. The van der Waals surface area contributed by atoms with Crippen LogP contribution in [-0.4, -0.2) is 0 Å². The highest BCUT2D eigenvalue weighted by Crippen LogP contribution is 2.14. The van der Waals surface area contributed by atoms with Crippen LogP contribution in [-0.2, 0) is 6.54 Å². The van der Waals surface area contributed by atoms with Crippen LogP contribution in [0.25, 0.3) is 0 Å². The second kappa shape index (κ2) is 4.75. The monoisotopic (exact) mass is 219 g/mol. The summed E-state index contributed by atoms with van der Waals surface area (Å²) in [4.78, 5) is 0. The summed E-state index contributed by atoms with van der Waals surface area (Å²) in [5.41, 5.74) is 0.900. The van der Waals surface area contributed by atoms with Gasteiger partial charge in [-0.25, -0.2) is 8.78 Å². The number of hydrogen-bond acceptors (Lipinski definition) is 1. The molecule has 0 aliphatic rings. The molecule has 0 saturated carbocycles. The Hall–Kier alpha value is -1.90. The molecule has 0 spiro atoms. The Balaban J connectivity index is 2.09. The fourth-order valence-corrected chi connectivity index (χ4v) is 1.44. The predicted octanol–water partition coefficient (Wildman–Crippen LogP) is 3.58. The van der Waals surface area contributed by atoms with Crippen LogP contribution in [0.3, 0.4) is 0 Å². The number of para-hydroxylation sites is 1. The Labute approximate surface area is 92.7 Å². The number of halogens is 2. The Morgan fingerprint density at radius 3 is 2.12 bits per heavy atom. The number of hydrogen-bond donors (Lipinski definition) is 1. The van der Waals surface area contributed by atoms with E-state index in [1.165, 1.54) is 12.1 Å². The molecule has 2 aromatic carbocycles. The van der Waals surface area contributed by atoms with Gasteiger partial charge >= 0.3 is 0 Å². The molecule has 16 heavy (non-hydrogen) atoms. The van der Waals surface area contributed by atoms with E-state index >= 15 is 0 Å². The van der Waals surface area contributed by atoms with Gasteiger partial charge in [0.2, 0.25) is 0 Å². The summed E-state index contributed by atoms with van der Waals surface area (Å²) >= 11 is 0. The van der Waals surface area contributed by atoms with Gasteiger partial charge in [0.05, 0.1) is 5.69 Å². The van der Waals surface area contributed by atoms with Gasteiger partial charge in [0.1, 0.15) is 11.6 Å². The molecule has 3 heteroatoms. The predicted molar refractivity (Wildman–Crippen MR) is 60.1 cm³/mol. The molecule has 1 nitrogen and oxygen atoms in total. The zero-order valence-corrected chi connectivity index (χ0v) is 8.58. The first kappa shape index (κ1) is 10.6. The quantitative estimate of drug-likeness (QED) is 0.832. The van der Waals surface area contributed by atoms with Crippen LogP contribution in [0.2, 0.25) is 0 Å². The molecule has 0 fully saturated rings. The largest absolute Gasteiger partial charge is 0.378 e. The minimum Gasteiger partial charge on any atom is -0.378 e. The molecule has 82 valence electrons. The SMILES string of the molecule is Fc1ccccc1CNc1ccccc1F. The van der Waals surface area contributed by atoms with E-state index < -0.39 is 0 Å². The molecule has 0 amide bonds. The summed E-state index contributed by atoms with van der Waals surface area (Å²) in [6.45, 7) is 0.271. The van der Waals surface area contributed by atoms with Gasteiger partial charge in [-0.3, -0.25) is 0 Å². The smallest absolute Gasteiger partial charge is 0.146 e. The molecule has 0 radical (unpaired) electrons. The Morgan fingerprint density at radius 2 is 1.44 bits per heavy atom. The number of nitrogens with one attached hydrogen (secondary N) is 1. The maximum Gasteiger partial charge on any atom is 0.146 e. The van der Waals surface area contributed by atoms with Crippen molar-refractivity contribution in [2.45, 2.75) is 6.54 Å². The van der Waals surface area contributed by atoms with Gasteiger partial charge in [0.25, 0.3) is 0 Å². The lowest BCUT2D eigenvalue weighted by Crippen LogP contribution is -2.02. The van der Waals surface area contributed by atoms with Crippen molar-refractivity contribution < 1.29 is 8.78 Å². The van der Waals surface area contributed by atoms with Crippen LogP contribution >= 0.6 is 0 Å². The van der Waals surface area contributed by atoms with E-state index in [0.717, 1.165) is 0 Å². The third-order valence-corrected chi connectivity index (χ3v) is 2.30. The summed E-state index contributed by atoms with van der Waals surface area (Å²) in [5.74, 6) is -0.620. The molecule has 0 atom stereocenters. The summed E-state index contributed by atoms with van der Waals surface area (Å²) < 4.78 is 26.5. The highest BCUT2D eigenvalue weighted by Gasteiger charge is 2.02. The lowest BCUT2D eigenvalue weighted by molar-refractivity contribution is 0.610. The maximum atomic E-state index is 13.3. The van der Waals surface area contributed by atoms with Crippen molar-refractivity contribution in [1.29, 1.82) is 0 Å².